The van der Waals surface area contributed by atoms with Gasteiger partial charge in [-0.15, -0.1) is 0 Å². The monoisotopic (exact) mass is 404 g/mol. The third kappa shape index (κ3) is 6.98. The van der Waals surface area contributed by atoms with Crippen molar-refractivity contribution < 1.29 is 18.6 Å². The molecule has 2 rings (SSSR count). The first kappa shape index (κ1) is 23.1. The Labute approximate surface area is 174 Å². The molecule has 0 aliphatic rings. The van der Waals surface area contributed by atoms with E-state index < -0.39 is 11.2 Å². The number of methoxy groups -OCH3 is 1. The lowest BCUT2D eigenvalue weighted by Gasteiger charge is -2.22. The van der Waals surface area contributed by atoms with Crippen LogP contribution in [0.5, 0.6) is 17.2 Å². The number of hydrogen-bond acceptors (Lipinski definition) is 5. The maximum atomic E-state index is 12.6. The first-order chi connectivity index (χ1) is 13.9. The minimum atomic E-state index is -0.543. The predicted octanol–water partition coefficient (Wildman–Crippen LogP) is 6.50. The highest BCUT2D eigenvalue weighted by Gasteiger charge is 2.21. The number of hydrogen-bond donors (Lipinski definition) is 0. The maximum absolute atomic E-state index is 12.6. The second-order valence-electron chi connectivity index (χ2n) is 8.42. The molecule has 1 aromatic carbocycles. The van der Waals surface area contributed by atoms with Crippen LogP contribution in [0.3, 0.4) is 0 Å². The zero-order valence-corrected chi connectivity index (χ0v) is 18.6. The van der Waals surface area contributed by atoms with Crippen LogP contribution in [-0.2, 0) is 0 Å². The summed E-state index contributed by atoms with van der Waals surface area (Å²) < 4.78 is 22.8. The number of para-hydroxylation sites is 1. The Bertz CT molecular complexity index is 816. The number of unbranched alkanes of at least 4 members (excludes halogenated alkanes) is 7. The van der Waals surface area contributed by atoms with Gasteiger partial charge < -0.3 is 18.6 Å². The van der Waals surface area contributed by atoms with Crippen LogP contribution in [0.15, 0.2) is 27.4 Å². The van der Waals surface area contributed by atoms with Crippen LogP contribution >= 0.6 is 0 Å². The standard InChI is InChI=1S/C24H36O5/c1-6-7-8-9-10-11-12-13-17-27-22-21(26-5)18-15-14-16-19(29-24(2,3)4)20(18)28-23(22)25/h14-16H,6-13,17H2,1-5H3. The normalized spacial score (nSPS) is 11.6. The van der Waals surface area contributed by atoms with Crippen molar-refractivity contribution in [1.29, 1.82) is 0 Å². The van der Waals surface area contributed by atoms with Gasteiger partial charge in [-0.3, -0.25) is 0 Å². The van der Waals surface area contributed by atoms with Crippen LogP contribution in [0.2, 0.25) is 0 Å². The van der Waals surface area contributed by atoms with Crippen molar-refractivity contribution in [2.75, 3.05) is 13.7 Å². The molecular weight excluding hydrogens is 368 g/mol. The van der Waals surface area contributed by atoms with E-state index in [1.807, 2.05) is 32.9 Å². The van der Waals surface area contributed by atoms with E-state index in [9.17, 15) is 4.79 Å². The molecule has 5 heteroatoms. The average molecular weight is 405 g/mol. The summed E-state index contributed by atoms with van der Waals surface area (Å²) in [5.74, 6) is 1.05. The Kier molecular flexibility index (Phi) is 8.87. The van der Waals surface area contributed by atoms with E-state index >= 15 is 0 Å². The van der Waals surface area contributed by atoms with Crippen molar-refractivity contribution in [3.05, 3.63) is 28.6 Å². The van der Waals surface area contributed by atoms with E-state index in [1.54, 1.807) is 6.07 Å². The molecule has 0 N–H and O–H groups in total. The Hall–Kier alpha value is -2.17. The van der Waals surface area contributed by atoms with Gasteiger partial charge in [0.15, 0.2) is 17.1 Å². The van der Waals surface area contributed by atoms with E-state index in [-0.39, 0.29) is 5.75 Å². The van der Waals surface area contributed by atoms with Crippen molar-refractivity contribution >= 4 is 11.0 Å². The smallest absolute Gasteiger partial charge is 0.383 e. The largest absolute Gasteiger partial charge is 0.492 e. The van der Waals surface area contributed by atoms with Gasteiger partial charge >= 0.3 is 5.63 Å². The second kappa shape index (κ2) is 11.1. The van der Waals surface area contributed by atoms with E-state index in [1.165, 1.54) is 45.6 Å². The van der Waals surface area contributed by atoms with Gasteiger partial charge in [0.2, 0.25) is 5.75 Å². The Balaban J connectivity index is 2.05. The predicted molar refractivity (Wildman–Crippen MR) is 118 cm³/mol. The van der Waals surface area contributed by atoms with Gasteiger partial charge in [-0.2, -0.15) is 0 Å². The summed E-state index contributed by atoms with van der Waals surface area (Å²) in [4.78, 5) is 12.6. The highest BCUT2D eigenvalue weighted by atomic mass is 16.5. The van der Waals surface area contributed by atoms with Crippen LogP contribution in [0.1, 0.15) is 79.1 Å². The van der Waals surface area contributed by atoms with E-state index in [4.69, 9.17) is 18.6 Å². The lowest BCUT2D eigenvalue weighted by molar-refractivity contribution is 0.131. The molecule has 0 radical (unpaired) electrons. The summed E-state index contributed by atoms with van der Waals surface area (Å²) >= 11 is 0. The fourth-order valence-electron chi connectivity index (χ4n) is 3.30. The third-order valence-corrected chi connectivity index (χ3v) is 4.67. The molecule has 2 aromatic rings. The van der Waals surface area contributed by atoms with Crippen molar-refractivity contribution in [3.63, 3.8) is 0 Å². The molecule has 1 aromatic heterocycles. The molecule has 0 aliphatic heterocycles. The third-order valence-electron chi connectivity index (χ3n) is 4.67. The zero-order valence-electron chi connectivity index (χ0n) is 18.6. The summed E-state index contributed by atoms with van der Waals surface area (Å²) in [6.45, 7) is 8.54. The first-order valence-corrected chi connectivity index (χ1v) is 10.8. The molecular formula is C24H36O5. The van der Waals surface area contributed by atoms with Gasteiger partial charge in [0.05, 0.1) is 19.1 Å². The van der Waals surface area contributed by atoms with Gasteiger partial charge in [-0.1, -0.05) is 57.9 Å². The highest BCUT2D eigenvalue weighted by Crippen LogP contribution is 2.37. The molecule has 0 atom stereocenters. The molecule has 0 bridgehead atoms. The average Bonchev–Trinajstić information content (AvgIpc) is 2.66. The summed E-state index contributed by atoms with van der Waals surface area (Å²) in [6.07, 6.45) is 9.68. The van der Waals surface area contributed by atoms with E-state index in [2.05, 4.69) is 6.92 Å². The van der Waals surface area contributed by atoms with E-state index in [0.717, 1.165) is 12.8 Å². The van der Waals surface area contributed by atoms with Crippen LogP contribution in [0.4, 0.5) is 0 Å². The highest BCUT2D eigenvalue weighted by molar-refractivity contribution is 5.89. The molecule has 0 fully saturated rings. The number of fused-ring (bicyclic) bond motifs is 1. The Morgan fingerprint density at radius 1 is 0.931 bits per heavy atom. The van der Waals surface area contributed by atoms with E-state index in [0.29, 0.717) is 29.1 Å². The second-order valence-corrected chi connectivity index (χ2v) is 8.42. The first-order valence-electron chi connectivity index (χ1n) is 10.8. The van der Waals surface area contributed by atoms with Crippen LogP contribution in [0, 0.1) is 0 Å². The molecule has 1 heterocycles. The maximum Gasteiger partial charge on any atom is 0.383 e. The lowest BCUT2D eigenvalue weighted by atomic mass is 10.1. The zero-order chi connectivity index (χ0) is 21.3. The molecule has 0 unspecified atom stereocenters. The summed E-state index contributed by atoms with van der Waals surface area (Å²) in [5.41, 5.74) is -0.575. The molecule has 162 valence electrons. The molecule has 0 saturated carbocycles. The number of benzene rings is 1. The fraction of sp³-hybridized carbons (Fsp3) is 0.625. The number of ether oxygens (including phenoxy) is 3. The van der Waals surface area contributed by atoms with Gasteiger partial charge in [-0.25, -0.2) is 4.79 Å². The number of rotatable bonds is 12. The van der Waals surface area contributed by atoms with Crippen LogP contribution in [-0.4, -0.2) is 19.3 Å². The minimum absolute atomic E-state index is 0.135. The van der Waals surface area contributed by atoms with Crippen LogP contribution < -0.4 is 19.8 Å². The summed E-state index contributed by atoms with van der Waals surface area (Å²) in [5, 5.41) is 0.666. The van der Waals surface area contributed by atoms with Crippen molar-refractivity contribution in [2.24, 2.45) is 0 Å². The minimum Gasteiger partial charge on any atom is -0.492 e. The fourth-order valence-corrected chi connectivity index (χ4v) is 3.30. The Morgan fingerprint density at radius 2 is 1.59 bits per heavy atom. The summed E-state index contributed by atoms with van der Waals surface area (Å²) in [6, 6.07) is 5.49. The molecule has 0 saturated heterocycles. The molecule has 29 heavy (non-hydrogen) atoms. The topological polar surface area (TPSA) is 57.9 Å². The summed E-state index contributed by atoms with van der Waals surface area (Å²) in [7, 11) is 1.54. The van der Waals surface area contributed by atoms with Crippen molar-refractivity contribution in [3.8, 4) is 17.2 Å². The van der Waals surface area contributed by atoms with Crippen molar-refractivity contribution in [2.45, 2.75) is 84.7 Å². The molecule has 5 nitrogen and oxygen atoms in total. The van der Waals surface area contributed by atoms with Crippen molar-refractivity contribution in [1.82, 2.24) is 0 Å². The molecule has 0 aliphatic carbocycles. The van der Waals surface area contributed by atoms with Gasteiger partial charge in [-0.05, 0) is 39.3 Å². The van der Waals surface area contributed by atoms with Gasteiger partial charge in [0.25, 0.3) is 0 Å². The molecule has 0 spiro atoms. The van der Waals surface area contributed by atoms with Gasteiger partial charge in [0.1, 0.15) is 5.60 Å². The quantitative estimate of drug-likeness (QED) is 0.298. The van der Waals surface area contributed by atoms with Gasteiger partial charge in [0, 0.05) is 0 Å². The SMILES string of the molecule is CCCCCCCCCCOc1c(OC)c2cccc(OC(C)(C)C)c2oc1=O. The Morgan fingerprint density at radius 3 is 2.21 bits per heavy atom. The lowest BCUT2D eigenvalue weighted by Crippen LogP contribution is -2.23. The van der Waals surface area contributed by atoms with Crippen LogP contribution in [0.25, 0.3) is 11.0 Å². The molecule has 0 amide bonds.